The van der Waals surface area contributed by atoms with Crippen molar-refractivity contribution in [2.45, 2.75) is 26.2 Å². The molecule has 0 aliphatic carbocycles. The Bertz CT molecular complexity index is 260. The van der Waals surface area contributed by atoms with Crippen molar-refractivity contribution < 1.29 is 0 Å². The molecule has 0 saturated carbocycles. The minimum atomic E-state index is 0.230. The highest BCUT2D eigenvalue weighted by Crippen LogP contribution is 2.36. The van der Waals surface area contributed by atoms with Gasteiger partial charge in [0.2, 0.25) is 0 Å². The van der Waals surface area contributed by atoms with Gasteiger partial charge in [0.05, 0.1) is 5.02 Å². The molecule has 62 valence electrons. The number of hydrogen-bond donors (Lipinski definition) is 0. The third-order valence-corrected chi connectivity index (χ3v) is 5.01. The molecule has 0 aliphatic rings. The summed E-state index contributed by atoms with van der Waals surface area (Å²) in [5, 5.41) is 2.89. The van der Waals surface area contributed by atoms with Crippen molar-refractivity contribution in [3.63, 3.8) is 0 Å². The van der Waals surface area contributed by atoms with E-state index in [2.05, 4.69) is 43.4 Å². The third-order valence-electron chi connectivity index (χ3n) is 1.37. The van der Waals surface area contributed by atoms with Crippen LogP contribution < -0.4 is 0 Å². The van der Waals surface area contributed by atoms with Gasteiger partial charge >= 0.3 is 0 Å². The van der Waals surface area contributed by atoms with Gasteiger partial charge in [-0.15, -0.1) is 11.3 Å². The Labute approximate surface area is 90.1 Å². The van der Waals surface area contributed by atoms with E-state index in [1.807, 2.05) is 5.38 Å². The zero-order chi connectivity index (χ0) is 8.65. The maximum atomic E-state index is 5.94. The second kappa shape index (κ2) is 3.23. The van der Waals surface area contributed by atoms with Gasteiger partial charge in [-0.3, -0.25) is 0 Å². The average Bonchev–Trinajstić information content (AvgIpc) is 2.11. The van der Waals surface area contributed by atoms with Gasteiger partial charge < -0.3 is 0 Å². The summed E-state index contributed by atoms with van der Waals surface area (Å²) in [5.41, 5.74) is 0.230. The van der Waals surface area contributed by atoms with E-state index in [-0.39, 0.29) is 5.41 Å². The molecule has 0 atom stereocenters. The van der Waals surface area contributed by atoms with Gasteiger partial charge in [0.1, 0.15) is 0 Å². The molecule has 0 spiro atoms. The van der Waals surface area contributed by atoms with E-state index in [9.17, 15) is 0 Å². The lowest BCUT2D eigenvalue weighted by molar-refractivity contribution is 0.601. The van der Waals surface area contributed by atoms with E-state index in [1.165, 1.54) is 8.45 Å². The van der Waals surface area contributed by atoms with Crippen LogP contribution in [-0.2, 0) is 5.41 Å². The van der Waals surface area contributed by atoms with Crippen LogP contribution in [0.3, 0.4) is 0 Å². The van der Waals surface area contributed by atoms with Gasteiger partial charge in [-0.2, -0.15) is 0 Å². The summed E-state index contributed by atoms with van der Waals surface area (Å²) >= 11 is 9.99. The number of thiophene rings is 1. The Morgan fingerprint density at radius 3 is 2.18 bits per heavy atom. The normalized spacial score (nSPS) is 12.1. The first kappa shape index (κ1) is 9.81. The number of hydrogen-bond acceptors (Lipinski definition) is 1. The Morgan fingerprint density at radius 2 is 2.00 bits per heavy atom. The van der Waals surface area contributed by atoms with E-state index in [1.54, 1.807) is 11.3 Å². The Morgan fingerprint density at radius 1 is 1.45 bits per heavy atom. The highest BCUT2D eigenvalue weighted by molar-refractivity contribution is 14.1. The van der Waals surface area contributed by atoms with E-state index in [4.69, 9.17) is 11.6 Å². The van der Waals surface area contributed by atoms with Gasteiger partial charge in [0.15, 0.2) is 0 Å². The van der Waals surface area contributed by atoms with Crippen LogP contribution in [0.1, 0.15) is 25.6 Å². The molecule has 0 unspecified atom stereocenters. The summed E-state index contributed by atoms with van der Waals surface area (Å²) in [6.45, 7) is 6.62. The smallest absolute Gasteiger partial charge is 0.0649 e. The standard InChI is InChI=1S/C8H10ClIS/c1-8(2,3)7-6(10)5(9)4-11-7/h4H,1-3H3. The highest BCUT2D eigenvalue weighted by atomic mass is 127. The minimum absolute atomic E-state index is 0.230. The molecule has 0 nitrogen and oxygen atoms in total. The van der Waals surface area contributed by atoms with Gasteiger partial charge in [-0.25, -0.2) is 0 Å². The topological polar surface area (TPSA) is 0 Å². The van der Waals surface area contributed by atoms with Crippen molar-refractivity contribution in [2.24, 2.45) is 0 Å². The third kappa shape index (κ3) is 2.10. The zero-order valence-electron chi connectivity index (χ0n) is 6.74. The molecule has 1 aromatic rings. The van der Waals surface area contributed by atoms with Crippen LogP contribution in [0.2, 0.25) is 5.02 Å². The first-order valence-corrected chi connectivity index (χ1v) is 5.69. The monoisotopic (exact) mass is 300 g/mol. The second-order valence-corrected chi connectivity index (χ2v) is 5.84. The van der Waals surface area contributed by atoms with Crippen LogP contribution in [0, 0.1) is 3.57 Å². The predicted octanol–water partition coefficient (Wildman–Crippen LogP) is 4.30. The molecule has 1 heterocycles. The van der Waals surface area contributed by atoms with Crippen LogP contribution in [0.4, 0.5) is 0 Å². The Hall–Kier alpha value is 0.720. The molecule has 3 heteroatoms. The summed E-state index contributed by atoms with van der Waals surface area (Å²) in [7, 11) is 0. The number of halogens is 2. The second-order valence-electron chi connectivity index (χ2n) is 3.48. The summed E-state index contributed by atoms with van der Waals surface area (Å²) in [6, 6.07) is 0. The number of rotatable bonds is 0. The van der Waals surface area contributed by atoms with E-state index in [0.29, 0.717) is 0 Å². The lowest BCUT2D eigenvalue weighted by Gasteiger charge is -2.16. The summed E-state index contributed by atoms with van der Waals surface area (Å²) in [6.07, 6.45) is 0. The first-order chi connectivity index (χ1) is 4.93. The molecule has 1 aromatic heterocycles. The quantitative estimate of drug-likeness (QED) is 0.627. The maximum absolute atomic E-state index is 5.94. The highest BCUT2D eigenvalue weighted by Gasteiger charge is 2.20. The molecule has 0 saturated heterocycles. The fourth-order valence-corrected chi connectivity index (χ4v) is 3.58. The molecule has 0 radical (unpaired) electrons. The van der Waals surface area contributed by atoms with E-state index in [0.717, 1.165) is 5.02 Å². The van der Waals surface area contributed by atoms with Gasteiger partial charge in [0, 0.05) is 13.8 Å². The molecule has 0 aliphatic heterocycles. The van der Waals surface area contributed by atoms with Gasteiger partial charge in [0.25, 0.3) is 0 Å². The summed E-state index contributed by atoms with van der Waals surface area (Å²) in [5.74, 6) is 0. The lowest BCUT2D eigenvalue weighted by Crippen LogP contribution is -2.09. The fourth-order valence-electron chi connectivity index (χ4n) is 0.829. The van der Waals surface area contributed by atoms with Gasteiger partial charge in [-0.05, 0) is 28.0 Å². The summed E-state index contributed by atoms with van der Waals surface area (Å²) in [4.78, 5) is 1.38. The largest absolute Gasteiger partial charge is 0.146 e. The van der Waals surface area contributed by atoms with Crippen LogP contribution >= 0.6 is 45.5 Å². The Balaban J connectivity index is 3.15. The summed E-state index contributed by atoms with van der Waals surface area (Å²) < 4.78 is 1.21. The van der Waals surface area contributed by atoms with Crippen molar-refractivity contribution in [3.8, 4) is 0 Å². The van der Waals surface area contributed by atoms with Crippen LogP contribution in [0.5, 0.6) is 0 Å². The van der Waals surface area contributed by atoms with Crippen LogP contribution in [-0.4, -0.2) is 0 Å². The first-order valence-electron chi connectivity index (χ1n) is 3.36. The van der Waals surface area contributed by atoms with Crippen molar-refractivity contribution in [3.05, 3.63) is 18.9 Å². The van der Waals surface area contributed by atoms with Crippen molar-refractivity contribution >= 4 is 45.5 Å². The molecule has 0 aromatic carbocycles. The average molecular weight is 301 g/mol. The van der Waals surface area contributed by atoms with Crippen molar-refractivity contribution in [1.29, 1.82) is 0 Å². The maximum Gasteiger partial charge on any atom is 0.0649 e. The minimum Gasteiger partial charge on any atom is -0.146 e. The fraction of sp³-hybridized carbons (Fsp3) is 0.500. The molecule has 11 heavy (non-hydrogen) atoms. The zero-order valence-corrected chi connectivity index (χ0v) is 10.5. The molecule has 0 N–H and O–H groups in total. The van der Waals surface area contributed by atoms with Gasteiger partial charge in [-0.1, -0.05) is 32.4 Å². The molecular weight excluding hydrogens is 291 g/mol. The molecule has 0 fully saturated rings. The lowest BCUT2D eigenvalue weighted by atomic mass is 9.95. The predicted molar refractivity (Wildman–Crippen MR) is 60.7 cm³/mol. The SMILES string of the molecule is CC(C)(C)c1scc(Cl)c1I. The molecular formula is C8H10ClIS. The molecule has 1 rings (SSSR count). The van der Waals surface area contributed by atoms with Crippen molar-refractivity contribution in [2.75, 3.05) is 0 Å². The van der Waals surface area contributed by atoms with Crippen LogP contribution in [0.15, 0.2) is 5.38 Å². The van der Waals surface area contributed by atoms with E-state index < -0.39 is 0 Å². The Kier molecular flexibility index (Phi) is 2.88. The van der Waals surface area contributed by atoms with Crippen LogP contribution in [0.25, 0.3) is 0 Å². The molecule has 0 bridgehead atoms. The van der Waals surface area contributed by atoms with Crippen molar-refractivity contribution in [1.82, 2.24) is 0 Å². The van der Waals surface area contributed by atoms with E-state index >= 15 is 0 Å². The molecule has 0 amide bonds.